The Hall–Kier alpha value is -1.66. The molecule has 0 aromatic carbocycles. The third kappa shape index (κ3) is 20.7. The second-order valence-electron chi connectivity index (χ2n) is 7.45. The number of Topliss-reactive ketones (excluding diaryl/α,β-unsaturated/α-hetero) is 1. The van der Waals surface area contributed by atoms with E-state index in [0.717, 1.165) is 6.42 Å². The molecule has 10 nitrogen and oxygen atoms in total. The number of alkyl halides is 1. The number of ketones is 1. The van der Waals surface area contributed by atoms with Crippen molar-refractivity contribution in [2.45, 2.75) is 39.8 Å². The van der Waals surface area contributed by atoms with Gasteiger partial charge in [-0.05, 0) is 6.42 Å². The van der Waals surface area contributed by atoms with Gasteiger partial charge in [-0.25, -0.2) is 4.39 Å². The summed E-state index contributed by atoms with van der Waals surface area (Å²) in [5.41, 5.74) is 0. The Morgan fingerprint density at radius 1 is 0.727 bits per heavy atom. The molecule has 0 aliphatic rings. The van der Waals surface area contributed by atoms with E-state index in [4.69, 9.17) is 23.7 Å². The van der Waals surface area contributed by atoms with Crippen LogP contribution in [0.15, 0.2) is 0 Å². The summed E-state index contributed by atoms with van der Waals surface area (Å²) in [5.74, 6) is -1.24. The van der Waals surface area contributed by atoms with E-state index in [0.29, 0.717) is 59.3 Å². The number of hydrogen-bond acceptors (Lipinski definition) is 8. The normalized spacial score (nSPS) is 12.0. The van der Waals surface area contributed by atoms with Gasteiger partial charge in [-0.2, -0.15) is 0 Å². The van der Waals surface area contributed by atoms with Gasteiger partial charge in [-0.3, -0.25) is 14.4 Å². The quantitative estimate of drug-likeness (QED) is 0.205. The number of amides is 2. The minimum Gasteiger partial charge on any atom is -0.377 e. The molecule has 0 aromatic heterocycles. The lowest BCUT2D eigenvalue weighted by Gasteiger charge is -2.12. The third-order valence-corrected chi connectivity index (χ3v) is 4.09. The average molecular weight is 481 g/mol. The summed E-state index contributed by atoms with van der Waals surface area (Å²) in [7, 11) is 0. The van der Waals surface area contributed by atoms with E-state index in [1.165, 1.54) is 0 Å². The maximum Gasteiger partial charge on any atom is 0.256 e. The van der Waals surface area contributed by atoms with Crippen molar-refractivity contribution in [3.63, 3.8) is 0 Å². The molecule has 33 heavy (non-hydrogen) atoms. The van der Waals surface area contributed by atoms with Gasteiger partial charge in [0.25, 0.3) is 5.91 Å². The van der Waals surface area contributed by atoms with Crippen molar-refractivity contribution < 1.29 is 42.5 Å². The van der Waals surface area contributed by atoms with Crippen molar-refractivity contribution in [3.05, 3.63) is 0 Å². The maximum atomic E-state index is 13.6. The molecule has 0 aromatic rings. The molecular formula is C22H41FN2O8. The fraction of sp³-hybridized carbons (Fsp3) is 0.864. The van der Waals surface area contributed by atoms with E-state index >= 15 is 0 Å². The van der Waals surface area contributed by atoms with Gasteiger partial charge in [-0.15, -0.1) is 0 Å². The van der Waals surface area contributed by atoms with Crippen LogP contribution in [0, 0.1) is 5.92 Å². The number of rotatable bonds is 23. The molecule has 0 bridgehead atoms. The molecule has 0 spiro atoms. The van der Waals surface area contributed by atoms with E-state index in [2.05, 4.69) is 10.6 Å². The van der Waals surface area contributed by atoms with E-state index in [-0.39, 0.29) is 43.9 Å². The fourth-order valence-corrected chi connectivity index (χ4v) is 2.26. The molecule has 2 amide bonds. The molecule has 0 heterocycles. The highest BCUT2D eigenvalue weighted by Crippen LogP contribution is 1.94. The van der Waals surface area contributed by atoms with Crippen molar-refractivity contribution in [2.75, 3.05) is 79.2 Å². The summed E-state index contributed by atoms with van der Waals surface area (Å²) in [5, 5.41) is 4.78. The molecule has 0 aliphatic carbocycles. The molecule has 1 atom stereocenters. The second kappa shape index (κ2) is 22.1. The van der Waals surface area contributed by atoms with Crippen LogP contribution in [0.1, 0.15) is 33.6 Å². The molecule has 0 rings (SSSR count). The van der Waals surface area contributed by atoms with Crippen LogP contribution in [0.4, 0.5) is 4.39 Å². The van der Waals surface area contributed by atoms with Crippen LogP contribution >= 0.6 is 0 Å². The van der Waals surface area contributed by atoms with Crippen molar-refractivity contribution in [1.82, 2.24) is 10.6 Å². The monoisotopic (exact) mass is 480 g/mol. The lowest BCUT2D eigenvalue weighted by atomic mass is 10.2. The molecule has 2 N–H and O–H groups in total. The van der Waals surface area contributed by atoms with Crippen molar-refractivity contribution in [3.8, 4) is 0 Å². The van der Waals surface area contributed by atoms with Gasteiger partial charge in [0.1, 0.15) is 6.61 Å². The molecule has 0 aliphatic heterocycles. The highest BCUT2D eigenvalue weighted by Gasteiger charge is 2.18. The van der Waals surface area contributed by atoms with E-state index < -0.39 is 12.1 Å². The summed E-state index contributed by atoms with van der Waals surface area (Å²) in [6, 6.07) is 0. The second-order valence-corrected chi connectivity index (χ2v) is 7.45. The number of hydrogen-bond donors (Lipinski definition) is 2. The van der Waals surface area contributed by atoms with Crippen molar-refractivity contribution in [1.29, 1.82) is 0 Å². The largest absolute Gasteiger partial charge is 0.377 e. The van der Waals surface area contributed by atoms with Crippen LogP contribution in [-0.4, -0.2) is 103 Å². The van der Waals surface area contributed by atoms with Crippen LogP contribution in [-0.2, 0) is 38.1 Å². The van der Waals surface area contributed by atoms with E-state index in [1.54, 1.807) is 13.8 Å². The van der Waals surface area contributed by atoms with Gasteiger partial charge in [0, 0.05) is 18.9 Å². The third-order valence-electron chi connectivity index (χ3n) is 4.09. The number of halogens is 1. The maximum absolute atomic E-state index is 13.6. The van der Waals surface area contributed by atoms with Gasteiger partial charge in [0.2, 0.25) is 5.91 Å². The van der Waals surface area contributed by atoms with Gasteiger partial charge >= 0.3 is 0 Å². The van der Waals surface area contributed by atoms with E-state index in [1.807, 2.05) is 6.92 Å². The minimum atomic E-state index is -1.80. The molecule has 11 heteroatoms. The lowest BCUT2D eigenvalue weighted by Crippen LogP contribution is -2.42. The summed E-state index contributed by atoms with van der Waals surface area (Å²) in [6.07, 6.45) is -0.420. The standard InChI is InChI=1S/C22H41FN2O8/c1-4-5-19(26)17-33-15-14-32-13-12-31-11-10-30-9-8-29-7-6-24-22(28)20(23)16-25-21(27)18(2)3/h18,20H,4-17H2,1-3H3,(H,24,28)(H,25,27). The minimum absolute atomic E-state index is 0.105. The first-order chi connectivity index (χ1) is 15.9. The zero-order valence-electron chi connectivity index (χ0n) is 20.2. The van der Waals surface area contributed by atoms with Crippen molar-refractivity contribution >= 4 is 17.6 Å². The Morgan fingerprint density at radius 3 is 1.70 bits per heavy atom. The van der Waals surface area contributed by atoms with Gasteiger partial charge in [0.15, 0.2) is 12.0 Å². The van der Waals surface area contributed by atoms with Crippen LogP contribution in [0.25, 0.3) is 0 Å². The molecule has 0 saturated heterocycles. The first kappa shape index (κ1) is 31.3. The van der Waals surface area contributed by atoms with Crippen LogP contribution < -0.4 is 10.6 Å². The number of carbonyl (C=O) groups excluding carboxylic acids is 3. The van der Waals surface area contributed by atoms with E-state index in [9.17, 15) is 18.8 Å². The SMILES string of the molecule is CCCC(=O)COCCOCCOCCOCCOCCNC(=O)C(F)CNC(=O)C(C)C. The Kier molecular flexibility index (Phi) is 21.0. The first-order valence-corrected chi connectivity index (χ1v) is 11.5. The molecule has 0 saturated carbocycles. The summed E-state index contributed by atoms with van der Waals surface area (Å²) < 4.78 is 40.2. The Balaban J connectivity index is 3.31. The molecular weight excluding hydrogens is 439 g/mol. The molecule has 194 valence electrons. The van der Waals surface area contributed by atoms with Crippen LogP contribution in [0.2, 0.25) is 0 Å². The Morgan fingerprint density at radius 2 is 1.21 bits per heavy atom. The predicted molar refractivity (Wildman–Crippen MR) is 120 cm³/mol. The van der Waals surface area contributed by atoms with Crippen LogP contribution in [0.5, 0.6) is 0 Å². The first-order valence-electron chi connectivity index (χ1n) is 11.5. The van der Waals surface area contributed by atoms with Gasteiger partial charge < -0.3 is 34.3 Å². The number of carbonyl (C=O) groups is 3. The number of ether oxygens (including phenoxy) is 5. The molecule has 0 radical (unpaired) electrons. The Bertz CT molecular complexity index is 523. The summed E-state index contributed by atoms with van der Waals surface area (Å²) in [4.78, 5) is 34.2. The predicted octanol–water partition coefficient (Wildman–Crippen LogP) is 0.665. The summed E-state index contributed by atoms with van der Waals surface area (Å²) >= 11 is 0. The summed E-state index contributed by atoms with van der Waals surface area (Å²) in [6.45, 7) is 8.73. The highest BCUT2D eigenvalue weighted by atomic mass is 19.1. The Labute approximate surface area is 196 Å². The zero-order valence-corrected chi connectivity index (χ0v) is 20.2. The van der Waals surface area contributed by atoms with Crippen LogP contribution in [0.3, 0.4) is 0 Å². The molecule has 1 unspecified atom stereocenters. The molecule has 0 fully saturated rings. The zero-order chi connectivity index (χ0) is 24.7. The number of nitrogens with one attached hydrogen (secondary N) is 2. The van der Waals surface area contributed by atoms with Gasteiger partial charge in [-0.1, -0.05) is 20.8 Å². The fourth-order valence-electron chi connectivity index (χ4n) is 2.26. The smallest absolute Gasteiger partial charge is 0.256 e. The highest BCUT2D eigenvalue weighted by molar-refractivity contribution is 5.82. The topological polar surface area (TPSA) is 121 Å². The average Bonchev–Trinajstić information content (AvgIpc) is 2.79. The van der Waals surface area contributed by atoms with Gasteiger partial charge in [0.05, 0.1) is 66.0 Å². The van der Waals surface area contributed by atoms with Crippen molar-refractivity contribution in [2.24, 2.45) is 5.92 Å². The lowest BCUT2D eigenvalue weighted by molar-refractivity contribution is -0.127.